The number of hydrogen-bond acceptors (Lipinski definition) is 1. The van der Waals surface area contributed by atoms with Gasteiger partial charge in [0.1, 0.15) is 0 Å². The molecule has 0 spiro atoms. The van der Waals surface area contributed by atoms with Crippen LogP contribution in [0.25, 0.3) is 0 Å². The van der Waals surface area contributed by atoms with Crippen LogP contribution in [0.2, 0.25) is 0 Å². The van der Waals surface area contributed by atoms with Crippen LogP contribution in [0.3, 0.4) is 0 Å². The van der Waals surface area contributed by atoms with E-state index in [0.717, 1.165) is 0 Å². The molecule has 0 aromatic carbocycles. The van der Waals surface area contributed by atoms with Gasteiger partial charge in [-0.3, -0.25) is 4.99 Å². The van der Waals surface area contributed by atoms with Gasteiger partial charge in [0.05, 0.1) is 0 Å². The lowest BCUT2D eigenvalue weighted by atomic mass is 10.0. The van der Waals surface area contributed by atoms with E-state index in [0.29, 0.717) is 5.92 Å². The van der Waals surface area contributed by atoms with Gasteiger partial charge in [-0.2, -0.15) is 0 Å². The first-order valence-electron chi connectivity index (χ1n) is 4.03. The Morgan fingerprint density at radius 1 is 1.27 bits per heavy atom. The Balaban J connectivity index is 4.32. The van der Waals surface area contributed by atoms with Crippen LogP contribution in [0.5, 0.6) is 0 Å². The van der Waals surface area contributed by atoms with Gasteiger partial charge in [0.15, 0.2) is 0 Å². The topological polar surface area (TPSA) is 12.4 Å². The van der Waals surface area contributed by atoms with Crippen molar-refractivity contribution in [2.24, 2.45) is 10.9 Å². The van der Waals surface area contributed by atoms with Crippen LogP contribution < -0.4 is 0 Å². The summed E-state index contributed by atoms with van der Waals surface area (Å²) in [6, 6.07) is 0. The zero-order valence-electron chi connectivity index (χ0n) is 7.83. The molecule has 0 rings (SSSR count). The molecule has 0 unspecified atom stereocenters. The van der Waals surface area contributed by atoms with Crippen LogP contribution >= 0.6 is 0 Å². The second-order valence-electron chi connectivity index (χ2n) is 2.69. The summed E-state index contributed by atoms with van der Waals surface area (Å²) in [5, 5.41) is 0. The van der Waals surface area contributed by atoms with Gasteiger partial charge in [0.2, 0.25) is 0 Å². The number of hydrogen-bond donors (Lipinski definition) is 0. The van der Waals surface area contributed by atoms with Crippen LogP contribution in [-0.4, -0.2) is 6.21 Å². The van der Waals surface area contributed by atoms with Crippen molar-refractivity contribution in [1.29, 1.82) is 0 Å². The van der Waals surface area contributed by atoms with E-state index in [1.807, 2.05) is 26.1 Å². The molecule has 0 saturated heterocycles. The Kier molecular flexibility index (Phi) is 5.44. The molecule has 0 aromatic rings. The average Bonchev–Trinajstić information content (AvgIpc) is 1.97. The molecule has 11 heavy (non-hydrogen) atoms. The van der Waals surface area contributed by atoms with E-state index in [1.165, 1.54) is 5.57 Å². The molecule has 0 bridgehead atoms. The second kappa shape index (κ2) is 5.90. The first-order valence-corrected chi connectivity index (χ1v) is 4.03. The highest BCUT2D eigenvalue weighted by atomic mass is 14.7. The second-order valence-corrected chi connectivity index (χ2v) is 2.69. The van der Waals surface area contributed by atoms with Gasteiger partial charge in [-0.15, -0.1) is 0 Å². The fourth-order valence-corrected chi connectivity index (χ4v) is 0.738. The van der Waals surface area contributed by atoms with Crippen LogP contribution in [-0.2, 0) is 0 Å². The molecular weight excluding hydrogens is 134 g/mol. The lowest BCUT2D eigenvalue weighted by Crippen LogP contribution is -1.89. The third-order valence-corrected chi connectivity index (χ3v) is 1.40. The molecule has 0 amide bonds. The fraction of sp³-hybridized carbons (Fsp3) is 0.500. The molecule has 0 aromatic heterocycles. The van der Waals surface area contributed by atoms with Gasteiger partial charge in [-0.1, -0.05) is 26.0 Å². The van der Waals surface area contributed by atoms with E-state index in [9.17, 15) is 0 Å². The van der Waals surface area contributed by atoms with Crippen LogP contribution in [0.15, 0.2) is 28.9 Å². The summed E-state index contributed by atoms with van der Waals surface area (Å²) in [5.74, 6) is 0.551. The Morgan fingerprint density at radius 3 is 2.27 bits per heavy atom. The highest BCUT2D eigenvalue weighted by molar-refractivity contribution is 5.54. The Labute approximate surface area is 69.5 Å². The number of nitrogens with zero attached hydrogens (tertiary/aromatic N) is 1. The minimum Gasteiger partial charge on any atom is -0.269 e. The molecular formula is C10H17N. The van der Waals surface area contributed by atoms with Crippen molar-refractivity contribution in [3.8, 4) is 0 Å². The number of allylic oxidation sites excluding steroid dienone is 3. The fourth-order valence-electron chi connectivity index (χ4n) is 0.738. The molecule has 0 N–H and O–H groups in total. The van der Waals surface area contributed by atoms with E-state index in [1.54, 1.807) is 6.21 Å². The Morgan fingerprint density at radius 2 is 1.91 bits per heavy atom. The van der Waals surface area contributed by atoms with Crippen molar-refractivity contribution in [2.45, 2.75) is 27.7 Å². The molecule has 0 aliphatic rings. The highest BCUT2D eigenvalue weighted by Crippen LogP contribution is 2.10. The molecule has 0 fully saturated rings. The summed E-state index contributed by atoms with van der Waals surface area (Å²) in [6.07, 6.45) is 7.84. The zero-order valence-corrected chi connectivity index (χ0v) is 7.83. The van der Waals surface area contributed by atoms with Crippen molar-refractivity contribution in [3.05, 3.63) is 23.9 Å². The molecule has 62 valence electrons. The summed E-state index contributed by atoms with van der Waals surface area (Å²) in [5.41, 5.74) is 1.27. The normalized spacial score (nSPS) is 14.1. The van der Waals surface area contributed by atoms with Gasteiger partial charge in [-0.25, -0.2) is 0 Å². The maximum absolute atomic E-state index is 4.07. The predicted octanol–water partition coefficient (Wildman–Crippen LogP) is 3.19. The van der Waals surface area contributed by atoms with E-state index >= 15 is 0 Å². The van der Waals surface area contributed by atoms with E-state index < -0.39 is 0 Å². The Bertz CT molecular complexity index is 173. The minimum absolute atomic E-state index is 0.551. The standard InChI is InChI=1S/C10H17N/c1-5-7-10(9(3)4)8-11-6-2/h5-9H,1-4H3/b7-5-,10-8+,11-6-. The van der Waals surface area contributed by atoms with Crippen molar-refractivity contribution in [2.75, 3.05) is 0 Å². The summed E-state index contributed by atoms with van der Waals surface area (Å²) in [4.78, 5) is 4.07. The van der Waals surface area contributed by atoms with Crippen LogP contribution in [0.4, 0.5) is 0 Å². The lowest BCUT2D eigenvalue weighted by Gasteiger charge is -2.02. The predicted molar refractivity (Wildman–Crippen MR) is 51.9 cm³/mol. The van der Waals surface area contributed by atoms with E-state index in [-0.39, 0.29) is 0 Å². The zero-order chi connectivity index (χ0) is 8.69. The van der Waals surface area contributed by atoms with Crippen molar-refractivity contribution in [3.63, 3.8) is 0 Å². The average molecular weight is 151 g/mol. The third kappa shape index (κ3) is 4.54. The van der Waals surface area contributed by atoms with Gasteiger partial charge in [0.25, 0.3) is 0 Å². The first kappa shape index (κ1) is 10.2. The maximum Gasteiger partial charge on any atom is 0.0298 e. The largest absolute Gasteiger partial charge is 0.269 e. The lowest BCUT2D eigenvalue weighted by molar-refractivity contribution is 0.788. The quantitative estimate of drug-likeness (QED) is 0.434. The van der Waals surface area contributed by atoms with Gasteiger partial charge in [-0.05, 0) is 25.3 Å². The molecule has 0 aliphatic heterocycles. The molecule has 1 nitrogen and oxygen atoms in total. The SMILES string of the molecule is C\C=C/C(=C\N=C/C)C(C)C. The Hall–Kier alpha value is -0.850. The summed E-state index contributed by atoms with van der Waals surface area (Å²) >= 11 is 0. The van der Waals surface area contributed by atoms with Gasteiger partial charge >= 0.3 is 0 Å². The van der Waals surface area contributed by atoms with Crippen LogP contribution in [0, 0.1) is 5.92 Å². The molecule has 0 saturated carbocycles. The summed E-state index contributed by atoms with van der Waals surface area (Å²) in [7, 11) is 0. The molecule has 0 heterocycles. The number of aliphatic imine (C=N–C) groups is 1. The van der Waals surface area contributed by atoms with Crippen molar-refractivity contribution < 1.29 is 0 Å². The summed E-state index contributed by atoms with van der Waals surface area (Å²) < 4.78 is 0. The van der Waals surface area contributed by atoms with Crippen LogP contribution in [0.1, 0.15) is 27.7 Å². The molecule has 0 aliphatic carbocycles. The third-order valence-electron chi connectivity index (χ3n) is 1.40. The van der Waals surface area contributed by atoms with Gasteiger partial charge in [0, 0.05) is 12.4 Å². The van der Waals surface area contributed by atoms with Crippen molar-refractivity contribution in [1.82, 2.24) is 0 Å². The van der Waals surface area contributed by atoms with Gasteiger partial charge < -0.3 is 0 Å². The van der Waals surface area contributed by atoms with E-state index in [2.05, 4.69) is 24.9 Å². The first-order chi connectivity index (χ1) is 5.22. The monoisotopic (exact) mass is 151 g/mol. The molecule has 0 radical (unpaired) electrons. The highest BCUT2D eigenvalue weighted by Gasteiger charge is 1.96. The van der Waals surface area contributed by atoms with Crippen molar-refractivity contribution >= 4 is 6.21 Å². The maximum atomic E-state index is 4.07. The summed E-state index contributed by atoms with van der Waals surface area (Å²) in [6.45, 7) is 8.27. The molecule has 1 heteroatoms. The minimum atomic E-state index is 0.551. The smallest absolute Gasteiger partial charge is 0.0298 e. The molecule has 0 atom stereocenters. The van der Waals surface area contributed by atoms with E-state index in [4.69, 9.17) is 0 Å². The number of rotatable bonds is 3.